The van der Waals surface area contributed by atoms with Gasteiger partial charge < -0.3 is 15.4 Å². The summed E-state index contributed by atoms with van der Waals surface area (Å²) in [6, 6.07) is 18.6. The number of rotatable bonds is 6. The summed E-state index contributed by atoms with van der Waals surface area (Å²) in [5, 5.41) is 13.2. The van der Waals surface area contributed by atoms with E-state index < -0.39 is 5.54 Å². The molecule has 1 fully saturated rings. The van der Waals surface area contributed by atoms with Crippen LogP contribution in [-0.4, -0.2) is 36.8 Å². The monoisotopic (exact) mass is 429 g/mol. The third-order valence-electron chi connectivity index (χ3n) is 6.45. The molecule has 0 spiro atoms. The van der Waals surface area contributed by atoms with E-state index in [0.717, 1.165) is 36.8 Å². The van der Waals surface area contributed by atoms with Gasteiger partial charge in [-0.15, -0.1) is 0 Å². The highest BCUT2D eigenvalue weighted by atomic mass is 16.3. The molecule has 0 radical (unpaired) electrons. The van der Waals surface area contributed by atoms with Gasteiger partial charge in [0.15, 0.2) is 11.2 Å². The Kier molecular flexibility index (Phi) is 5.27. The van der Waals surface area contributed by atoms with Crippen LogP contribution in [0.25, 0.3) is 22.3 Å². The Morgan fingerprint density at radius 3 is 2.41 bits per heavy atom. The number of hydrogen-bond acceptors (Lipinski definition) is 5. The Balaban J connectivity index is 1.41. The predicted octanol–water partition coefficient (Wildman–Crippen LogP) is 3.63. The van der Waals surface area contributed by atoms with Gasteiger partial charge >= 0.3 is 0 Å². The molecule has 0 bridgehead atoms. The summed E-state index contributed by atoms with van der Waals surface area (Å²) >= 11 is 0. The summed E-state index contributed by atoms with van der Waals surface area (Å²) in [4.78, 5) is 25.3. The van der Waals surface area contributed by atoms with E-state index in [4.69, 9.17) is 0 Å². The summed E-state index contributed by atoms with van der Waals surface area (Å²) in [5.74, 6) is 1.15. The SMILES string of the molecule is Cn1c(NC2(CO)CCCC2)nc2nc(Cc3ccc(-c4ccccc4)cc3)[nH]c2c1=O. The van der Waals surface area contributed by atoms with Crippen molar-refractivity contribution in [2.24, 2.45) is 7.05 Å². The summed E-state index contributed by atoms with van der Waals surface area (Å²) in [7, 11) is 1.69. The van der Waals surface area contributed by atoms with Crippen molar-refractivity contribution in [1.29, 1.82) is 0 Å². The van der Waals surface area contributed by atoms with Crippen LogP contribution in [0, 0.1) is 0 Å². The van der Waals surface area contributed by atoms with Crippen molar-refractivity contribution in [1.82, 2.24) is 19.5 Å². The van der Waals surface area contributed by atoms with E-state index in [9.17, 15) is 9.90 Å². The van der Waals surface area contributed by atoms with Gasteiger partial charge in [-0.05, 0) is 29.5 Å². The van der Waals surface area contributed by atoms with Crippen molar-refractivity contribution < 1.29 is 5.11 Å². The van der Waals surface area contributed by atoms with Crippen LogP contribution in [0.3, 0.4) is 0 Å². The maximum absolute atomic E-state index is 12.9. The number of benzene rings is 2. The summed E-state index contributed by atoms with van der Waals surface area (Å²) < 4.78 is 1.49. The fourth-order valence-corrected chi connectivity index (χ4v) is 4.53. The van der Waals surface area contributed by atoms with Gasteiger partial charge in [-0.25, -0.2) is 4.98 Å². The number of H-pyrrole nitrogens is 1. The largest absolute Gasteiger partial charge is 0.394 e. The molecular weight excluding hydrogens is 402 g/mol. The minimum Gasteiger partial charge on any atom is -0.394 e. The average molecular weight is 430 g/mol. The van der Waals surface area contributed by atoms with E-state index in [1.54, 1.807) is 7.05 Å². The Morgan fingerprint density at radius 1 is 1.03 bits per heavy atom. The Bertz CT molecular complexity index is 1290. The number of imidazole rings is 1. The van der Waals surface area contributed by atoms with Crippen LogP contribution in [0.2, 0.25) is 0 Å². The van der Waals surface area contributed by atoms with E-state index in [0.29, 0.717) is 29.4 Å². The molecule has 1 saturated carbocycles. The van der Waals surface area contributed by atoms with Gasteiger partial charge in [0.05, 0.1) is 12.1 Å². The van der Waals surface area contributed by atoms with Gasteiger partial charge in [-0.2, -0.15) is 4.98 Å². The van der Waals surface area contributed by atoms with Crippen molar-refractivity contribution in [2.75, 3.05) is 11.9 Å². The van der Waals surface area contributed by atoms with Gasteiger partial charge in [-0.1, -0.05) is 67.4 Å². The number of nitrogens with zero attached hydrogens (tertiary/aromatic N) is 3. The second kappa shape index (κ2) is 8.24. The first-order valence-electron chi connectivity index (χ1n) is 11.1. The predicted molar refractivity (Wildman–Crippen MR) is 126 cm³/mol. The van der Waals surface area contributed by atoms with Crippen LogP contribution in [-0.2, 0) is 13.5 Å². The molecule has 0 amide bonds. The first kappa shape index (κ1) is 20.5. The maximum atomic E-state index is 12.9. The first-order valence-corrected chi connectivity index (χ1v) is 11.1. The number of aromatic amines is 1. The molecule has 7 heteroatoms. The third-order valence-corrected chi connectivity index (χ3v) is 6.45. The molecule has 164 valence electrons. The summed E-state index contributed by atoms with van der Waals surface area (Å²) in [5.41, 5.74) is 3.65. The van der Waals surface area contributed by atoms with E-state index in [1.807, 2.05) is 18.2 Å². The standard InChI is InChI=1S/C25H27N5O2/c1-30-23(32)21-22(28-24(30)29-25(16-31)13-5-6-14-25)27-20(26-21)15-17-9-11-19(12-10-17)18-7-3-2-4-8-18/h2-4,7-12,31H,5-6,13-16H2,1H3,(H,26,27)(H,28,29). The lowest BCUT2D eigenvalue weighted by Crippen LogP contribution is -2.41. The van der Waals surface area contributed by atoms with Crippen molar-refractivity contribution >= 4 is 17.1 Å². The van der Waals surface area contributed by atoms with Gasteiger partial charge in [0.25, 0.3) is 5.56 Å². The van der Waals surface area contributed by atoms with Crippen LogP contribution < -0.4 is 10.9 Å². The summed E-state index contributed by atoms with van der Waals surface area (Å²) in [6.07, 6.45) is 4.42. The van der Waals surface area contributed by atoms with Crippen molar-refractivity contribution in [3.63, 3.8) is 0 Å². The Labute approximate surface area is 186 Å². The molecule has 0 aliphatic heterocycles. The molecule has 0 atom stereocenters. The van der Waals surface area contributed by atoms with Crippen LogP contribution >= 0.6 is 0 Å². The normalized spacial score (nSPS) is 15.3. The second-order valence-electron chi connectivity index (χ2n) is 8.69. The quantitative estimate of drug-likeness (QED) is 0.435. The lowest BCUT2D eigenvalue weighted by atomic mass is 9.99. The lowest BCUT2D eigenvalue weighted by molar-refractivity contribution is 0.213. The molecule has 2 heterocycles. The highest BCUT2D eigenvalue weighted by Gasteiger charge is 2.34. The fraction of sp³-hybridized carbons (Fsp3) is 0.320. The average Bonchev–Trinajstić information content (AvgIpc) is 3.46. The lowest BCUT2D eigenvalue weighted by Gasteiger charge is -2.29. The van der Waals surface area contributed by atoms with Gasteiger partial charge in [0, 0.05) is 13.5 Å². The number of fused-ring (bicyclic) bond motifs is 1. The van der Waals surface area contributed by atoms with Gasteiger partial charge in [0.1, 0.15) is 5.82 Å². The van der Waals surface area contributed by atoms with Crippen molar-refractivity contribution in [3.05, 3.63) is 76.3 Å². The topological polar surface area (TPSA) is 95.8 Å². The number of nitrogens with one attached hydrogen (secondary N) is 2. The van der Waals surface area contributed by atoms with Crippen molar-refractivity contribution in [2.45, 2.75) is 37.6 Å². The Hall–Kier alpha value is -3.45. The smallest absolute Gasteiger partial charge is 0.280 e. The minimum absolute atomic E-state index is 0.0195. The molecule has 0 saturated heterocycles. The van der Waals surface area contributed by atoms with Crippen LogP contribution in [0.4, 0.5) is 5.95 Å². The number of aromatic nitrogens is 4. The minimum atomic E-state index is -0.412. The van der Waals surface area contributed by atoms with Gasteiger partial charge in [0.2, 0.25) is 5.95 Å². The molecule has 4 aromatic rings. The number of aliphatic hydroxyl groups excluding tert-OH is 1. The van der Waals surface area contributed by atoms with Crippen molar-refractivity contribution in [3.8, 4) is 11.1 Å². The zero-order valence-electron chi connectivity index (χ0n) is 18.1. The Morgan fingerprint density at radius 2 is 1.72 bits per heavy atom. The molecule has 32 heavy (non-hydrogen) atoms. The molecule has 1 aliphatic carbocycles. The fourth-order valence-electron chi connectivity index (χ4n) is 4.53. The number of aliphatic hydroxyl groups is 1. The molecular formula is C25H27N5O2. The maximum Gasteiger partial charge on any atom is 0.280 e. The third kappa shape index (κ3) is 3.80. The van der Waals surface area contributed by atoms with Crippen LogP contribution in [0.5, 0.6) is 0 Å². The van der Waals surface area contributed by atoms with E-state index >= 15 is 0 Å². The van der Waals surface area contributed by atoms with Crippen LogP contribution in [0.1, 0.15) is 37.1 Å². The van der Waals surface area contributed by atoms with Gasteiger partial charge in [-0.3, -0.25) is 9.36 Å². The zero-order chi connectivity index (χ0) is 22.1. The highest BCUT2D eigenvalue weighted by Crippen LogP contribution is 2.32. The first-order chi connectivity index (χ1) is 15.6. The molecule has 5 rings (SSSR count). The van der Waals surface area contributed by atoms with E-state index in [-0.39, 0.29) is 12.2 Å². The summed E-state index contributed by atoms with van der Waals surface area (Å²) in [6.45, 7) is 0.0195. The number of hydrogen-bond donors (Lipinski definition) is 3. The number of anilines is 1. The molecule has 3 N–H and O–H groups in total. The molecule has 7 nitrogen and oxygen atoms in total. The van der Waals surface area contributed by atoms with Crippen LogP contribution in [0.15, 0.2) is 59.4 Å². The zero-order valence-corrected chi connectivity index (χ0v) is 18.1. The second-order valence-corrected chi connectivity index (χ2v) is 8.69. The van der Waals surface area contributed by atoms with E-state index in [1.165, 1.54) is 10.1 Å². The highest BCUT2D eigenvalue weighted by molar-refractivity contribution is 5.71. The molecule has 0 unspecified atom stereocenters. The molecule has 2 aromatic carbocycles. The molecule has 2 aromatic heterocycles. The van der Waals surface area contributed by atoms with E-state index in [2.05, 4.69) is 56.7 Å². The molecule has 1 aliphatic rings.